The van der Waals surface area contributed by atoms with Crippen molar-refractivity contribution in [2.45, 2.75) is 6.92 Å². The van der Waals surface area contributed by atoms with Gasteiger partial charge in [0.1, 0.15) is 11.3 Å². The highest BCUT2D eigenvalue weighted by molar-refractivity contribution is 5.98. The summed E-state index contributed by atoms with van der Waals surface area (Å²) in [4.78, 5) is 22.1. The smallest absolute Gasteiger partial charge is 0.343 e. The van der Waals surface area contributed by atoms with Gasteiger partial charge in [-0.05, 0) is 43.3 Å². The second kappa shape index (κ2) is 6.87. The molecule has 140 valence electrons. The van der Waals surface area contributed by atoms with E-state index in [1.807, 2.05) is 61.5 Å². The maximum atomic E-state index is 12.7. The second-order valence-electron chi connectivity index (χ2n) is 6.66. The highest BCUT2D eigenvalue weighted by atomic mass is 16.5. The van der Waals surface area contributed by atoms with Crippen molar-refractivity contribution in [3.05, 3.63) is 90.1 Å². The average Bonchev–Trinajstić information content (AvgIpc) is 3.12. The van der Waals surface area contributed by atoms with Crippen LogP contribution in [0.2, 0.25) is 0 Å². The van der Waals surface area contributed by atoms with E-state index < -0.39 is 5.97 Å². The first-order chi connectivity index (χ1) is 14.2. The van der Waals surface area contributed by atoms with Gasteiger partial charge in [-0.3, -0.25) is 0 Å². The Morgan fingerprint density at radius 2 is 1.48 bits per heavy atom. The molecular weight excluding hydrogens is 364 g/mol. The molecule has 5 aromatic rings. The van der Waals surface area contributed by atoms with Crippen molar-refractivity contribution in [2.24, 2.45) is 0 Å². The van der Waals surface area contributed by atoms with Gasteiger partial charge in [0.25, 0.3) is 0 Å². The molecule has 5 heteroatoms. The first kappa shape index (κ1) is 17.1. The summed E-state index contributed by atoms with van der Waals surface area (Å²) in [7, 11) is 0. The molecule has 0 aliphatic carbocycles. The predicted molar refractivity (Wildman–Crippen MR) is 111 cm³/mol. The third-order valence-electron chi connectivity index (χ3n) is 4.71. The van der Waals surface area contributed by atoms with Crippen molar-refractivity contribution in [3.8, 4) is 17.2 Å². The molecule has 0 saturated heterocycles. The van der Waals surface area contributed by atoms with Gasteiger partial charge in [-0.15, -0.1) is 0 Å². The van der Waals surface area contributed by atoms with Gasteiger partial charge >= 0.3 is 5.97 Å². The molecule has 2 heterocycles. The Morgan fingerprint density at radius 1 is 0.828 bits per heavy atom. The lowest BCUT2D eigenvalue weighted by molar-refractivity contribution is 0.0736. The number of hydrogen-bond donors (Lipinski definition) is 0. The van der Waals surface area contributed by atoms with Crippen molar-refractivity contribution in [1.29, 1.82) is 0 Å². The van der Waals surface area contributed by atoms with Crippen molar-refractivity contribution in [1.82, 2.24) is 9.97 Å². The van der Waals surface area contributed by atoms with Crippen LogP contribution in [0.25, 0.3) is 33.5 Å². The number of para-hydroxylation sites is 3. The molecule has 0 saturated carbocycles. The molecule has 5 nitrogen and oxygen atoms in total. The average molecular weight is 380 g/mol. The van der Waals surface area contributed by atoms with Crippen LogP contribution in [0.4, 0.5) is 0 Å². The lowest BCUT2D eigenvalue weighted by Gasteiger charge is -2.08. The van der Waals surface area contributed by atoms with Gasteiger partial charge in [0, 0.05) is 0 Å². The maximum Gasteiger partial charge on any atom is 0.343 e. The number of aryl methyl sites for hydroxylation is 1. The Kier molecular flexibility index (Phi) is 4.06. The Morgan fingerprint density at radius 3 is 2.28 bits per heavy atom. The summed E-state index contributed by atoms with van der Waals surface area (Å²) in [6.07, 6.45) is 0. The fourth-order valence-electron chi connectivity index (χ4n) is 3.31. The van der Waals surface area contributed by atoms with Gasteiger partial charge in [-0.25, -0.2) is 14.8 Å². The van der Waals surface area contributed by atoms with Gasteiger partial charge in [0.2, 0.25) is 0 Å². The SMILES string of the molecule is Cc1nc2ccccc2nc1-c1oc2ccccc2c1OC(=O)c1ccccc1. The van der Waals surface area contributed by atoms with Crippen LogP contribution in [-0.4, -0.2) is 15.9 Å². The molecule has 0 aliphatic heterocycles. The molecule has 0 fully saturated rings. The fourth-order valence-corrected chi connectivity index (χ4v) is 3.31. The summed E-state index contributed by atoms with van der Waals surface area (Å²) in [5.74, 6) is 0.290. The van der Waals surface area contributed by atoms with Crippen LogP contribution in [0.1, 0.15) is 16.1 Å². The highest BCUT2D eigenvalue weighted by Crippen LogP contribution is 2.40. The third-order valence-corrected chi connectivity index (χ3v) is 4.71. The molecule has 0 bridgehead atoms. The van der Waals surface area contributed by atoms with Crippen LogP contribution >= 0.6 is 0 Å². The summed E-state index contributed by atoms with van der Waals surface area (Å²) in [5, 5.41) is 0.709. The molecule has 0 spiro atoms. The van der Waals surface area contributed by atoms with E-state index in [0.717, 1.165) is 11.0 Å². The minimum Gasteiger partial charge on any atom is -0.450 e. The molecule has 29 heavy (non-hydrogen) atoms. The molecular formula is C24H16N2O3. The number of carbonyl (C=O) groups excluding carboxylic acids is 1. The lowest BCUT2D eigenvalue weighted by atomic mass is 10.1. The van der Waals surface area contributed by atoms with Crippen LogP contribution in [0, 0.1) is 6.92 Å². The van der Waals surface area contributed by atoms with Crippen LogP contribution in [0.3, 0.4) is 0 Å². The molecule has 2 aromatic heterocycles. The Hall–Kier alpha value is -3.99. The summed E-state index contributed by atoms with van der Waals surface area (Å²) < 4.78 is 11.9. The van der Waals surface area contributed by atoms with Crippen LogP contribution < -0.4 is 4.74 Å². The van der Waals surface area contributed by atoms with E-state index in [1.54, 1.807) is 24.3 Å². The van der Waals surface area contributed by atoms with Crippen LogP contribution in [-0.2, 0) is 0 Å². The van der Waals surface area contributed by atoms with Gasteiger partial charge in [0.05, 0.1) is 27.7 Å². The molecule has 0 N–H and O–H groups in total. The molecule has 0 aliphatic rings. The fraction of sp³-hybridized carbons (Fsp3) is 0.0417. The number of rotatable bonds is 3. The van der Waals surface area contributed by atoms with E-state index >= 15 is 0 Å². The van der Waals surface area contributed by atoms with Crippen molar-refractivity contribution in [2.75, 3.05) is 0 Å². The normalized spacial score (nSPS) is 11.1. The van der Waals surface area contributed by atoms with Crippen molar-refractivity contribution >= 4 is 28.0 Å². The van der Waals surface area contributed by atoms with Crippen molar-refractivity contribution in [3.63, 3.8) is 0 Å². The Balaban J connectivity index is 1.69. The molecule has 5 rings (SSSR count). The van der Waals surface area contributed by atoms with Gasteiger partial charge in [-0.2, -0.15) is 0 Å². The number of furan rings is 1. The number of hydrogen-bond acceptors (Lipinski definition) is 5. The molecule has 0 unspecified atom stereocenters. The quantitative estimate of drug-likeness (QED) is 0.383. The zero-order valence-electron chi connectivity index (χ0n) is 15.6. The second-order valence-corrected chi connectivity index (χ2v) is 6.66. The number of ether oxygens (including phenoxy) is 1. The van der Waals surface area contributed by atoms with Crippen molar-refractivity contribution < 1.29 is 13.9 Å². The first-order valence-corrected chi connectivity index (χ1v) is 9.23. The predicted octanol–water partition coefficient (Wildman–Crippen LogP) is 5.57. The molecule has 0 radical (unpaired) electrons. The lowest BCUT2D eigenvalue weighted by Crippen LogP contribution is -2.08. The van der Waals surface area contributed by atoms with Crippen LogP contribution in [0.5, 0.6) is 5.75 Å². The van der Waals surface area contributed by atoms with Crippen LogP contribution in [0.15, 0.2) is 83.3 Å². The van der Waals surface area contributed by atoms with Gasteiger partial charge in [-0.1, -0.05) is 42.5 Å². The number of carbonyl (C=O) groups is 1. The molecule has 3 aromatic carbocycles. The summed E-state index contributed by atoms with van der Waals surface area (Å²) in [6.45, 7) is 1.87. The van der Waals surface area contributed by atoms with E-state index in [0.29, 0.717) is 39.4 Å². The van der Waals surface area contributed by atoms with E-state index in [-0.39, 0.29) is 0 Å². The molecule has 0 atom stereocenters. The standard InChI is InChI=1S/C24H16N2O3/c1-15-21(26-19-13-7-6-12-18(19)25-15)23-22(17-11-5-8-14-20(17)28-23)29-24(27)16-9-3-2-4-10-16/h2-14H,1H3. The summed E-state index contributed by atoms with van der Waals surface area (Å²) >= 11 is 0. The van der Waals surface area contributed by atoms with E-state index in [4.69, 9.17) is 14.1 Å². The largest absolute Gasteiger partial charge is 0.450 e. The summed E-state index contributed by atoms with van der Waals surface area (Å²) in [6, 6.07) is 23.9. The number of esters is 1. The minimum absolute atomic E-state index is 0.349. The highest BCUT2D eigenvalue weighted by Gasteiger charge is 2.23. The zero-order valence-corrected chi connectivity index (χ0v) is 15.6. The van der Waals surface area contributed by atoms with E-state index in [9.17, 15) is 4.79 Å². The summed E-state index contributed by atoms with van der Waals surface area (Å²) in [5.41, 5.74) is 3.87. The van der Waals surface area contributed by atoms with Gasteiger partial charge in [0.15, 0.2) is 11.5 Å². The van der Waals surface area contributed by atoms with E-state index in [1.165, 1.54) is 0 Å². The third kappa shape index (κ3) is 3.02. The minimum atomic E-state index is -0.454. The monoisotopic (exact) mass is 380 g/mol. The number of aromatic nitrogens is 2. The molecule has 0 amide bonds. The zero-order chi connectivity index (χ0) is 19.8. The first-order valence-electron chi connectivity index (χ1n) is 9.23. The van der Waals surface area contributed by atoms with E-state index in [2.05, 4.69) is 4.98 Å². The Labute approximate surface area is 166 Å². The maximum absolute atomic E-state index is 12.7. The number of benzene rings is 3. The topological polar surface area (TPSA) is 65.2 Å². The Bertz CT molecular complexity index is 1360. The number of nitrogens with zero attached hydrogens (tertiary/aromatic N) is 2. The number of fused-ring (bicyclic) bond motifs is 2. The van der Waals surface area contributed by atoms with Gasteiger partial charge < -0.3 is 9.15 Å².